The summed E-state index contributed by atoms with van der Waals surface area (Å²) in [5.41, 5.74) is 2.98. The molecule has 1 nitrogen and oxygen atoms in total. The zero-order valence-electron chi connectivity index (χ0n) is 12.6. The minimum absolute atomic E-state index is 0.137. The fraction of sp³-hybridized carbons (Fsp3) is 0.316. The third kappa shape index (κ3) is 3.80. The highest BCUT2D eigenvalue weighted by Gasteiger charge is 2.27. The monoisotopic (exact) mass is 267 g/mol. The minimum Gasteiger partial charge on any atom is -0.317 e. The summed E-state index contributed by atoms with van der Waals surface area (Å²) < 4.78 is 0. The Kier molecular flexibility index (Phi) is 6.72. The van der Waals surface area contributed by atoms with E-state index in [1.807, 2.05) is 0 Å². The highest BCUT2D eigenvalue weighted by molar-refractivity contribution is 5.38. The molecule has 2 aromatic carbocycles. The van der Waals surface area contributed by atoms with Gasteiger partial charge in [-0.3, -0.25) is 0 Å². The molecule has 106 valence electrons. The van der Waals surface area contributed by atoms with Gasteiger partial charge in [-0.1, -0.05) is 87.4 Å². The van der Waals surface area contributed by atoms with Crippen molar-refractivity contribution in [2.24, 2.45) is 0 Å². The Morgan fingerprint density at radius 1 is 0.850 bits per heavy atom. The van der Waals surface area contributed by atoms with Crippen LogP contribution in [0.15, 0.2) is 60.7 Å². The van der Waals surface area contributed by atoms with E-state index in [4.69, 9.17) is 5.41 Å². The third-order valence-corrected chi connectivity index (χ3v) is 3.85. The second-order valence-electron chi connectivity index (χ2n) is 5.17. The third-order valence-electron chi connectivity index (χ3n) is 3.85. The molecule has 0 aliphatic heterocycles. The standard InChI is InChI=1S/C18H22.CH3N/c1-3-4-15-18(2,16-11-7-5-8-12-16)17-13-9-6-10-14-17;1-2/h5-14H,3-4,15H2,1-2H3;2H,1H2. The SMILES string of the molecule is C=N.CCCCC(C)(c1ccccc1)c1ccccc1. The van der Waals surface area contributed by atoms with Gasteiger partial charge in [0.15, 0.2) is 0 Å². The van der Waals surface area contributed by atoms with E-state index in [2.05, 4.69) is 81.2 Å². The average molecular weight is 267 g/mol. The van der Waals surface area contributed by atoms with Gasteiger partial charge in [0, 0.05) is 5.41 Å². The molecule has 0 unspecified atom stereocenters. The Bertz CT molecular complexity index is 436. The molecule has 0 radical (unpaired) electrons. The van der Waals surface area contributed by atoms with E-state index in [9.17, 15) is 0 Å². The molecule has 0 spiro atoms. The van der Waals surface area contributed by atoms with Crippen molar-refractivity contribution in [2.45, 2.75) is 38.5 Å². The predicted molar refractivity (Wildman–Crippen MR) is 88.7 cm³/mol. The van der Waals surface area contributed by atoms with Gasteiger partial charge in [0.05, 0.1) is 0 Å². The topological polar surface area (TPSA) is 23.9 Å². The molecular formula is C19H25N. The van der Waals surface area contributed by atoms with Gasteiger partial charge in [0.1, 0.15) is 0 Å². The van der Waals surface area contributed by atoms with Crippen molar-refractivity contribution in [3.05, 3.63) is 71.8 Å². The first kappa shape index (κ1) is 16.2. The zero-order valence-corrected chi connectivity index (χ0v) is 12.6. The molecular weight excluding hydrogens is 242 g/mol. The molecule has 0 aliphatic rings. The van der Waals surface area contributed by atoms with Crippen LogP contribution in [0.3, 0.4) is 0 Å². The van der Waals surface area contributed by atoms with Crippen LogP contribution in [-0.2, 0) is 5.41 Å². The summed E-state index contributed by atoms with van der Waals surface area (Å²) in [4.78, 5) is 0. The normalized spacial score (nSPS) is 10.5. The number of unbranched alkanes of at least 4 members (excludes halogenated alkanes) is 1. The Hall–Kier alpha value is -1.89. The number of benzene rings is 2. The number of hydrogen-bond acceptors (Lipinski definition) is 1. The molecule has 0 atom stereocenters. The maximum absolute atomic E-state index is 5.50. The van der Waals surface area contributed by atoms with Gasteiger partial charge in [-0.05, 0) is 24.3 Å². The van der Waals surface area contributed by atoms with Crippen LogP contribution in [0.1, 0.15) is 44.2 Å². The predicted octanol–water partition coefficient (Wildman–Crippen LogP) is 5.45. The summed E-state index contributed by atoms with van der Waals surface area (Å²) in [6, 6.07) is 21.8. The summed E-state index contributed by atoms with van der Waals surface area (Å²) in [6.45, 7) is 7.13. The van der Waals surface area contributed by atoms with E-state index in [-0.39, 0.29) is 5.41 Å². The number of rotatable bonds is 5. The molecule has 0 saturated heterocycles. The lowest BCUT2D eigenvalue weighted by Gasteiger charge is -2.31. The minimum atomic E-state index is 0.137. The van der Waals surface area contributed by atoms with Crippen LogP contribution in [0.2, 0.25) is 0 Å². The molecule has 2 aromatic rings. The smallest absolute Gasteiger partial charge is 0.0174 e. The molecule has 1 N–H and O–H groups in total. The molecule has 2 rings (SSSR count). The molecule has 0 saturated carbocycles. The van der Waals surface area contributed by atoms with Crippen molar-refractivity contribution in [1.82, 2.24) is 0 Å². The van der Waals surface area contributed by atoms with Crippen molar-refractivity contribution in [3.8, 4) is 0 Å². The van der Waals surface area contributed by atoms with Gasteiger partial charge in [-0.15, -0.1) is 0 Å². The van der Waals surface area contributed by atoms with Crippen molar-refractivity contribution in [2.75, 3.05) is 0 Å². The lowest BCUT2D eigenvalue weighted by molar-refractivity contribution is 0.493. The van der Waals surface area contributed by atoms with Crippen LogP contribution < -0.4 is 0 Å². The van der Waals surface area contributed by atoms with E-state index in [1.54, 1.807) is 0 Å². The molecule has 0 heterocycles. The number of hydrogen-bond donors (Lipinski definition) is 1. The first-order valence-electron chi connectivity index (χ1n) is 7.24. The second-order valence-corrected chi connectivity index (χ2v) is 5.17. The lowest BCUT2D eigenvalue weighted by atomic mass is 9.73. The van der Waals surface area contributed by atoms with Crippen LogP contribution in [0.5, 0.6) is 0 Å². The van der Waals surface area contributed by atoms with Crippen molar-refractivity contribution in [1.29, 1.82) is 5.41 Å². The maximum atomic E-state index is 5.50. The van der Waals surface area contributed by atoms with E-state index in [0.717, 1.165) is 0 Å². The van der Waals surface area contributed by atoms with Gasteiger partial charge in [0.2, 0.25) is 0 Å². The fourth-order valence-corrected chi connectivity index (χ4v) is 2.60. The van der Waals surface area contributed by atoms with Crippen molar-refractivity contribution in [3.63, 3.8) is 0 Å². The molecule has 0 aromatic heterocycles. The Morgan fingerprint density at radius 2 is 1.25 bits per heavy atom. The van der Waals surface area contributed by atoms with Crippen LogP contribution in [0.4, 0.5) is 0 Å². The van der Waals surface area contributed by atoms with Gasteiger partial charge in [0.25, 0.3) is 0 Å². The first-order chi connectivity index (χ1) is 9.77. The largest absolute Gasteiger partial charge is 0.317 e. The Balaban J connectivity index is 0.000000956. The summed E-state index contributed by atoms with van der Waals surface area (Å²) in [5, 5.41) is 5.50. The Morgan fingerprint density at radius 3 is 1.60 bits per heavy atom. The van der Waals surface area contributed by atoms with Crippen molar-refractivity contribution >= 4 is 6.72 Å². The van der Waals surface area contributed by atoms with E-state index in [0.29, 0.717) is 0 Å². The molecule has 0 aliphatic carbocycles. The van der Waals surface area contributed by atoms with Gasteiger partial charge in [-0.2, -0.15) is 0 Å². The van der Waals surface area contributed by atoms with Crippen LogP contribution in [0.25, 0.3) is 0 Å². The highest BCUT2D eigenvalue weighted by atomic mass is 14.3. The van der Waals surface area contributed by atoms with E-state index >= 15 is 0 Å². The van der Waals surface area contributed by atoms with E-state index < -0.39 is 0 Å². The fourth-order valence-electron chi connectivity index (χ4n) is 2.60. The molecule has 0 fully saturated rings. The van der Waals surface area contributed by atoms with E-state index in [1.165, 1.54) is 30.4 Å². The quantitative estimate of drug-likeness (QED) is 0.697. The summed E-state index contributed by atoms with van der Waals surface area (Å²) in [7, 11) is 0. The molecule has 0 amide bonds. The first-order valence-corrected chi connectivity index (χ1v) is 7.24. The van der Waals surface area contributed by atoms with Crippen LogP contribution in [0, 0.1) is 5.41 Å². The second kappa shape index (κ2) is 8.31. The van der Waals surface area contributed by atoms with Gasteiger partial charge in [-0.25, -0.2) is 0 Å². The highest BCUT2D eigenvalue weighted by Crippen LogP contribution is 2.36. The summed E-state index contributed by atoms with van der Waals surface area (Å²) >= 11 is 0. The molecule has 1 heteroatoms. The Labute approximate surface area is 123 Å². The summed E-state index contributed by atoms with van der Waals surface area (Å²) in [6.07, 6.45) is 3.72. The molecule has 0 bridgehead atoms. The summed E-state index contributed by atoms with van der Waals surface area (Å²) in [5.74, 6) is 0. The molecule has 20 heavy (non-hydrogen) atoms. The van der Waals surface area contributed by atoms with Crippen LogP contribution >= 0.6 is 0 Å². The number of nitrogens with one attached hydrogen (secondary N) is 1. The van der Waals surface area contributed by atoms with Crippen LogP contribution in [-0.4, -0.2) is 6.72 Å². The van der Waals surface area contributed by atoms with Gasteiger partial charge >= 0.3 is 0 Å². The van der Waals surface area contributed by atoms with Gasteiger partial charge < -0.3 is 5.41 Å². The van der Waals surface area contributed by atoms with Crippen molar-refractivity contribution < 1.29 is 0 Å². The average Bonchev–Trinajstić information content (AvgIpc) is 2.56. The lowest BCUT2D eigenvalue weighted by Crippen LogP contribution is -2.23. The zero-order chi connectivity index (χ0) is 14.8. The maximum Gasteiger partial charge on any atom is 0.0174 e.